The number of pyridine rings is 1. The molecule has 0 bridgehead atoms. The molecule has 0 radical (unpaired) electrons. The smallest absolute Gasteiger partial charge is 0.418 e. The minimum Gasteiger partial charge on any atom is -0.491 e. The fraction of sp³-hybridized carbons (Fsp3) is 0.517. The third-order valence-electron chi connectivity index (χ3n) is 8.55. The number of H-pyrrole nitrogens is 1. The number of alkyl halides is 3. The van der Waals surface area contributed by atoms with Gasteiger partial charge in [0.15, 0.2) is 0 Å². The molecule has 9 nitrogen and oxygen atoms in total. The Balaban J connectivity index is 1.12. The first-order valence-corrected chi connectivity index (χ1v) is 14.4. The fourth-order valence-corrected chi connectivity index (χ4v) is 6.26. The van der Waals surface area contributed by atoms with Crippen molar-refractivity contribution in [3.63, 3.8) is 0 Å². The van der Waals surface area contributed by atoms with Crippen LogP contribution in [0.1, 0.15) is 47.2 Å². The average molecular weight is 571 g/mol. The summed E-state index contributed by atoms with van der Waals surface area (Å²) in [5, 5.41) is 6.51. The molecule has 1 amide bonds. The lowest BCUT2D eigenvalue weighted by molar-refractivity contribution is -0.136. The summed E-state index contributed by atoms with van der Waals surface area (Å²) in [6, 6.07) is 5.88. The first-order chi connectivity index (χ1) is 19.8. The number of piperidine rings is 1. The van der Waals surface area contributed by atoms with Crippen molar-refractivity contribution in [2.45, 2.75) is 50.4 Å². The summed E-state index contributed by atoms with van der Waals surface area (Å²) < 4.78 is 52.5. The Labute approximate surface area is 235 Å². The SMILES string of the molecule is O=C(c1ccc(Nc2cc(NC3CC3)c3c(C(F)(F)F)c[nH]c3n2)c2c1CCO2)N1CCC(N2CCOCC2)CC1. The molecule has 3 fully saturated rings. The van der Waals surface area contributed by atoms with Crippen LogP contribution in [0.2, 0.25) is 0 Å². The number of halogens is 3. The molecular formula is C29H33F3N6O3. The van der Waals surface area contributed by atoms with Gasteiger partial charge in [-0.3, -0.25) is 9.69 Å². The third kappa shape index (κ3) is 5.19. The highest BCUT2D eigenvalue weighted by Crippen LogP contribution is 2.42. The zero-order valence-electron chi connectivity index (χ0n) is 22.6. The zero-order valence-corrected chi connectivity index (χ0v) is 22.6. The second-order valence-electron chi connectivity index (χ2n) is 11.3. The van der Waals surface area contributed by atoms with Crippen LogP contribution < -0.4 is 15.4 Å². The van der Waals surface area contributed by atoms with E-state index in [9.17, 15) is 18.0 Å². The Morgan fingerprint density at radius 1 is 1.02 bits per heavy atom. The van der Waals surface area contributed by atoms with Gasteiger partial charge in [-0.25, -0.2) is 4.98 Å². The summed E-state index contributed by atoms with van der Waals surface area (Å²) in [6.45, 7) is 5.33. The van der Waals surface area contributed by atoms with Gasteiger partial charge >= 0.3 is 6.18 Å². The van der Waals surface area contributed by atoms with Crippen LogP contribution in [0, 0.1) is 0 Å². The molecule has 4 aliphatic rings. The van der Waals surface area contributed by atoms with Gasteiger partial charge in [0.1, 0.15) is 17.2 Å². The molecule has 41 heavy (non-hydrogen) atoms. The highest BCUT2D eigenvalue weighted by molar-refractivity contribution is 5.98. The predicted molar refractivity (Wildman–Crippen MR) is 148 cm³/mol. The van der Waals surface area contributed by atoms with Crippen molar-refractivity contribution in [3.05, 3.63) is 41.1 Å². The number of benzene rings is 1. The van der Waals surface area contributed by atoms with Crippen LogP contribution in [-0.4, -0.2) is 83.8 Å². The summed E-state index contributed by atoms with van der Waals surface area (Å²) in [5.74, 6) is 0.999. The third-order valence-corrected chi connectivity index (χ3v) is 8.55. The molecule has 2 aromatic heterocycles. The normalized spacial score (nSPS) is 20.2. The minimum atomic E-state index is -4.50. The van der Waals surface area contributed by atoms with Gasteiger partial charge in [0, 0.05) is 73.8 Å². The molecule has 0 unspecified atom stereocenters. The fourth-order valence-electron chi connectivity index (χ4n) is 6.26. The number of nitrogens with one attached hydrogen (secondary N) is 3. The van der Waals surface area contributed by atoms with E-state index in [1.165, 1.54) is 0 Å². The summed E-state index contributed by atoms with van der Waals surface area (Å²) >= 11 is 0. The molecule has 0 spiro atoms. The van der Waals surface area contributed by atoms with E-state index in [0.717, 1.165) is 63.7 Å². The quantitative estimate of drug-likeness (QED) is 0.393. The van der Waals surface area contributed by atoms with Crippen LogP contribution >= 0.6 is 0 Å². The molecule has 3 aromatic rings. The van der Waals surface area contributed by atoms with Crippen molar-refractivity contribution in [1.29, 1.82) is 0 Å². The number of ether oxygens (including phenoxy) is 2. The second-order valence-corrected chi connectivity index (χ2v) is 11.3. The van der Waals surface area contributed by atoms with Gasteiger partial charge in [-0.2, -0.15) is 13.2 Å². The Kier molecular flexibility index (Phi) is 6.69. The number of likely N-dealkylation sites (tertiary alicyclic amines) is 1. The van der Waals surface area contributed by atoms with E-state index in [4.69, 9.17) is 9.47 Å². The molecule has 1 aliphatic carbocycles. The highest BCUT2D eigenvalue weighted by Gasteiger charge is 2.36. The van der Waals surface area contributed by atoms with E-state index in [0.29, 0.717) is 60.7 Å². The topological polar surface area (TPSA) is 94.8 Å². The van der Waals surface area contributed by atoms with Crippen LogP contribution in [0.4, 0.5) is 30.4 Å². The Bertz CT molecular complexity index is 1460. The van der Waals surface area contributed by atoms with Gasteiger partial charge in [0.2, 0.25) is 0 Å². The number of hydrogen-bond donors (Lipinski definition) is 3. The first-order valence-electron chi connectivity index (χ1n) is 14.4. The molecule has 3 aliphatic heterocycles. The molecule has 1 aromatic carbocycles. The van der Waals surface area contributed by atoms with E-state index in [1.807, 2.05) is 11.0 Å². The van der Waals surface area contributed by atoms with Crippen molar-refractivity contribution < 1.29 is 27.4 Å². The zero-order chi connectivity index (χ0) is 28.1. The Morgan fingerprint density at radius 3 is 2.54 bits per heavy atom. The Hall–Kier alpha value is -3.51. The van der Waals surface area contributed by atoms with Crippen LogP contribution in [0.25, 0.3) is 11.0 Å². The predicted octanol–water partition coefficient (Wildman–Crippen LogP) is 4.77. The van der Waals surface area contributed by atoms with Crippen molar-refractivity contribution in [2.75, 3.05) is 56.6 Å². The molecule has 0 atom stereocenters. The lowest BCUT2D eigenvalue weighted by Crippen LogP contribution is -2.50. The number of amides is 1. The molecule has 2 saturated heterocycles. The maximum atomic E-state index is 13.7. The van der Waals surface area contributed by atoms with Gasteiger partial charge in [-0.05, 0) is 37.8 Å². The monoisotopic (exact) mass is 570 g/mol. The van der Waals surface area contributed by atoms with E-state index in [-0.39, 0.29) is 23.0 Å². The molecule has 12 heteroatoms. The molecule has 1 saturated carbocycles. The molecule has 5 heterocycles. The van der Waals surface area contributed by atoms with E-state index >= 15 is 0 Å². The minimum absolute atomic E-state index is 0.0141. The van der Waals surface area contributed by atoms with Crippen molar-refractivity contribution in [2.24, 2.45) is 0 Å². The summed E-state index contributed by atoms with van der Waals surface area (Å²) in [6.07, 6.45) is 0.811. The van der Waals surface area contributed by atoms with Gasteiger partial charge in [0.25, 0.3) is 5.91 Å². The number of anilines is 3. The summed E-state index contributed by atoms with van der Waals surface area (Å²) in [7, 11) is 0. The van der Waals surface area contributed by atoms with Crippen molar-refractivity contribution in [1.82, 2.24) is 19.8 Å². The molecule has 218 valence electrons. The van der Waals surface area contributed by atoms with Crippen LogP contribution in [0.3, 0.4) is 0 Å². The summed E-state index contributed by atoms with van der Waals surface area (Å²) in [5.41, 5.74) is 1.93. The maximum Gasteiger partial charge on any atom is 0.418 e. The number of hydrogen-bond acceptors (Lipinski definition) is 7. The number of carbonyl (C=O) groups excluding carboxylic acids is 1. The van der Waals surface area contributed by atoms with Gasteiger partial charge < -0.3 is 30.0 Å². The maximum absolute atomic E-state index is 13.7. The van der Waals surface area contributed by atoms with Crippen LogP contribution in [0.5, 0.6) is 5.75 Å². The average Bonchev–Trinajstić information content (AvgIpc) is 3.45. The largest absolute Gasteiger partial charge is 0.491 e. The Morgan fingerprint density at radius 2 is 1.80 bits per heavy atom. The van der Waals surface area contributed by atoms with E-state index in [2.05, 4.69) is 25.5 Å². The van der Waals surface area contributed by atoms with Crippen LogP contribution in [0.15, 0.2) is 24.4 Å². The number of carbonyl (C=O) groups is 1. The number of morpholine rings is 1. The molecule has 3 N–H and O–H groups in total. The van der Waals surface area contributed by atoms with Crippen molar-refractivity contribution >= 4 is 34.1 Å². The standard InChI is InChI=1S/C29H33F3N6O3/c30-29(31,32)21-16-33-27-25(21)23(34-17-1-2-17)15-24(36-27)35-22-4-3-20(19-7-12-41-26(19)22)28(39)38-8-5-18(6-9-38)37-10-13-40-14-11-37/h3-4,15-18H,1-2,5-14H2,(H3,33,34,35,36). The van der Waals surface area contributed by atoms with Crippen molar-refractivity contribution in [3.8, 4) is 5.75 Å². The first kappa shape index (κ1) is 26.4. The second kappa shape index (κ2) is 10.4. The lowest BCUT2D eigenvalue weighted by Gasteiger charge is -2.40. The number of aromatic amines is 1. The number of fused-ring (bicyclic) bond motifs is 2. The van der Waals surface area contributed by atoms with E-state index in [1.54, 1.807) is 12.1 Å². The van der Waals surface area contributed by atoms with Gasteiger partial charge in [0.05, 0.1) is 36.5 Å². The number of nitrogens with zero attached hydrogens (tertiary/aromatic N) is 3. The molecule has 7 rings (SSSR count). The summed E-state index contributed by atoms with van der Waals surface area (Å²) in [4.78, 5) is 25.1. The molecular weight excluding hydrogens is 537 g/mol. The van der Waals surface area contributed by atoms with Gasteiger partial charge in [-0.1, -0.05) is 0 Å². The number of aromatic nitrogens is 2. The van der Waals surface area contributed by atoms with E-state index < -0.39 is 11.7 Å². The highest BCUT2D eigenvalue weighted by atomic mass is 19.4. The van der Waals surface area contributed by atoms with Crippen LogP contribution in [-0.2, 0) is 17.3 Å². The van der Waals surface area contributed by atoms with Gasteiger partial charge in [-0.15, -0.1) is 0 Å². The number of rotatable bonds is 6. The lowest BCUT2D eigenvalue weighted by atomic mass is 9.99.